The van der Waals surface area contributed by atoms with Crippen LogP contribution >= 0.6 is 15.9 Å². The van der Waals surface area contributed by atoms with Crippen LogP contribution < -0.4 is 10.1 Å². The quantitative estimate of drug-likeness (QED) is 0.752. The topological polar surface area (TPSA) is 80.5 Å². The summed E-state index contributed by atoms with van der Waals surface area (Å²) in [4.78, 5) is 19.1. The number of carbonyl (C=O) groups excluding carboxylic acids is 1. The van der Waals surface area contributed by atoms with E-state index in [1.165, 1.54) is 0 Å². The van der Waals surface area contributed by atoms with E-state index < -0.39 is 0 Å². The van der Waals surface area contributed by atoms with Crippen LogP contribution in [0.2, 0.25) is 0 Å². The first-order chi connectivity index (χ1) is 13.0. The molecule has 2 aromatic rings. The molecule has 8 heteroatoms. The molecule has 1 N–H and O–H groups in total. The van der Waals surface area contributed by atoms with Crippen molar-refractivity contribution in [3.8, 4) is 5.88 Å². The first-order valence-corrected chi connectivity index (χ1v) is 10.0. The smallest absolute Gasteiger partial charge is 0.273 e. The standard InChI is InChI=1S/C19H23BrN4O3/c1-11-8-24(9-12-5-14(20)19(26-2)21-7-12)10-16(11)22-18(25)15-6-17(27-23-15)13-3-4-13/h5-7,11,13,16H,3-4,8-10H2,1-2H3,(H,22,25)/t11-,16-/m1/s1. The van der Waals surface area contributed by atoms with Gasteiger partial charge in [-0.15, -0.1) is 0 Å². The van der Waals surface area contributed by atoms with Crippen LogP contribution in [-0.2, 0) is 6.54 Å². The number of hydrogen-bond donors (Lipinski definition) is 1. The third-order valence-electron chi connectivity index (χ3n) is 5.21. The second-order valence-corrected chi connectivity index (χ2v) is 8.33. The van der Waals surface area contributed by atoms with Crippen molar-refractivity contribution in [1.29, 1.82) is 0 Å². The number of methoxy groups -OCH3 is 1. The molecule has 3 heterocycles. The molecular weight excluding hydrogens is 412 g/mol. The molecule has 2 atom stereocenters. The molecule has 0 unspecified atom stereocenters. The van der Waals surface area contributed by atoms with E-state index in [2.05, 4.69) is 43.2 Å². The van der Waals surface area contributed by atoms with Gasteiger partial charge in [0, 0.05) is 43.9 Å². The Morgan fingerprint density at radius 1 is 1.41 bits per heavy atom. The van der Waals surface area contributed by atoms with Gasteiger partial charge in [-0.3, -0.25) is 9.69 Å². The first-order valence-electron chi connectivity index (χ1n) is 9.21. The minimum Gasteiger partial charge on any atom is -0.480 e. The van der Waals surface area contributed by atoms with E-state index in [0.717, 1.165) is 48.3 Å². The Labute approximate surface area is 166 Å². The summed E-state index contributed by atoms with van der Waals surface area (Å²) in [6.07, 6.45) is 4.08. The van der Waals surface area contributed by atoms with Crippen molar-refractivity contribution in [3.05, 3.63) is 39.8 Å². The van der Waals surface area contributed by atoms with Gasteiger partial charge in [-0.1, -0.05) is 12.1 Å². The molecular formula is C19H23BrN4O3. The van der Waals surface area contributed by atoms with Crippen LogP contribution in [0.1, 0.15) is 47.5 Å². The van der Waals surface area contributed by atoms with Crippen molar-refractivity contribution in [1.82, 2.24) is 20.4 Å². The average Bonchev–Trinajstić information content (AvgIpc) is 3.27. The first kappa shape index (κ1) is 18.4. The van der Waals surface area contributed by atoms with Crippen LogP contribution in [0.15, 0.2) is 27.3 Å². The molecule has 0 radical (unpaired) electrons. The Bertz CT molecular complexity index is 836. The summed E-state index contributed by atoms with van der Waals surface area (Å²) in [6, 6.07) is 3.90. The number of rotatable bonds is 6. The van der Waals surface area contributed by atoms with E-state index in [1.54, 1.807) is 13.2 Å². The lowest BCUT2D eigenvalue weighted by Gasteiger charge is -2.17. The van der Waals surface area contributed by atoms with E-state index in [9.17, 15) is 4.79 Å². The fourth-order valence-corrected chi connectivity index (χ4v) is 4.10. The maximum atomic E-state index is 12.5. The number of likely N-dealkylation sites (tertiary alicyclic amines) is 1. The van der Waals surface area contributed by atoms with E-state index >= 15 is 0 Å². The van der Waals surface area contributed by atoms with E-state index in [4.69, 9.17) is 9.26 Å². The summed E-state index contributed by atoms with van der Waals surface area (Å²) in [5.41, 5.74) is 1.48. The zero-order valence-electron chi connectivity index (χ0n) is 15.4. The lowest BCUT2D eigenvalue weighted by atomic mass is 10.1. The molecule has 0 aromatic carbocycles. The Kier molecular flexibility index (Phi) is 5.19. The highest BCUT2D eigenvalue weighted by molar-refractivity contribution is 9.10. The van der Waals surface area contributed by atoms with E-state index in [1.807, 2.05) is 12.3 Å². The maximum Gasteiger partial charge on any atom is 0.273 e. The molecule has 1 saturated heterocycles. The minimum absolute atomic E-state index is 0.0909. The zero-order chi connectivity index (χ0) is 19.0. The molecule has 0 spiro atoms. The second-order valence-electron chi connectivity index (χ2n) is 7.47. The van der Waals surface area contributed by atoms with Crippen molar-refractivity contribution in [2.24, 2.45) is 5.92 Å². The Hall–Kier alpha value is -1.93. The molecule has 2 aliphatic rings. The number of carbonyl (C=O) groups is 1. The van der Waals surface area contributed by atoms with E-state index in [0.29, 0.717) is 23.4 Å². The van der Waals surface area contributed by atoms with Gasteiger partial charge in [0.05, 0.1) is 11.6 Å². The van der Waals surface area contributed by atoms with Crippen LogP contribution in [0.4, 0.5) is 0 Å². The zero-order valence-corrected chi connectivity index (χ0v) is 17.0. The minimum atomic E-state index is -0.154. The van der Waals surface area contributed by atoms with Gasteiger partial charge in [0.25, 0.3) is 5.91 Å². The van der Waals surface area contributed by atoms with Gasteiger partial charge < -0.3 is 14.6 Å². The van der Waals surface area contributed by atoms with Crippen LogP contribution in [0, 0.1) is 5.92 Å². The number of halogens is 1. The Morgan fingerprint density at radius 2 is 2.22 bits per heavy atom. The fraction of sp³-hybridized carbons (Fsp3) is 0.526. The lowest BCUT2D eigenvalue weighted by molar-refractivity contribution is 0.0922. The number of nitrogens with one attached hydrogen (secondary N) is 1. The largest absolute Gasteiger partial charge is 0.480 e. The molecule has 4 rings (SSSR count). The molecule has 1 aliphatic heterocycles. The van der Waals surface area contributed by atoms with Gasteiger partial charge in [-0.05, 0) is 46.3 Å². The number of amides is 1. The predicted octanol–water partition coefficient (Wildman–Crippen LogP) is 2.97. The fourth-order valence-electron chi connectivity index (χ4n) is 3.54. The van der Waals surface area contributed by atoms with Crippen molar-refractivity contribution in [2.45, 2.75) is 38.3 Å². The highest BCUT2D eigenvalue weighted by atomic mass is 79.9. The summed E-state index contributed by atoms with van der Waals surface area (Å²) in [6.45, 7) is 4.65. The predicted molar refractivity (Wildman–Crippen MR) is 103 cm³/mol. The van der Waals surface area contributed by atoms with Gasteiger partial charge in [0.15, 0.2) is 5.69 Å². The molecule has 0 bridgehead atoms. The summed E-state index contributed by atoms with van der Waals surface area (Å²) >= 11 is 3.48. The maximum absolute atomic E-state index is 12.5. The summed E-state index contributed by atoms with van der Waals surface area (Å²) in [7, 11) is 1.60. The molecule has 1 aliphatic carbocycles. The highest BCUT2D eigenvalue weighted by Gasteiger charge is 2.33. The van der Waals surface area contributed by atoms with Crippen LogP contribution in [0.25, 0.3) is 0 Å². The van der Waals surface area contributed by atoms with Gasteiger partial charge in [0.2, 0.25) is 5.88 Å². The van der Waals surface area contributed by atoms with Gasteiger partial charge in [-0.25, -0.2) is 4.98 Å². The molecule has 2 aromatic heterocycles. The molecule has 144 valence electrons. The van der Waals surface area contributed by atoms with Gasteiger partial charge in [0.1, 0.15) is 5.76 Å². The number of pyridine rings is 1. The highest BCUT2D eigenvalue weighted by Crippen LogP contribution is 2.40. The van der Waals surface area contributed by atoms with Gasteiger partial charge in [-0.2, -0.15) is 0 Å². The van der Waals surface area contributed by atoms with E-state index in [-0.39, 0.29) is 11.9 Å². The van der Waals surface area contributed by atoms with Crippen molar-refractivity contribution in [2.75, 3.05) is 20.2 Å². The molecule has 2 fully saturated rings. The monoisotopic (exact) mass is 434 g/mol. The third-order valence-corrected chi connectivity index (χ3v) is 5.78. The van der Waals surface area contributed by atoms with Crippen molar-refractivity contribution in [3.63, 3.8) is 0 Å². The molecule has 7 nitrogen and oxygen atoms in total. The number of hydrogen-bond acceptors (Lipinski definition) is 6. The number of nitrogens with zero attached hydrogens (tertiary/aromatic N) is 3. The Morgan fingerprint density at radius 3 is 2.93 bits per heavy atom. The number of aromatic nitrogens is 2. The number of ether oxygens (including phenoxy) is 1. The molecule has 27 heavy (non-hydrogen) atoms. The second kappa shape index (κ2) is 7.59. The summed E-state index contributed by atoms with van der Waals surface area (Å²) in [5, 5.41) is 7.05. The van der Waals surface area contributed by atoms with Crippen molar-refractivity contribution >= 4 is 21.8 Å². The third kappa shape index (κ3) is 4.16. The van der Waals surface area contributed by atoms with Crippen LogP contribution in [-0.4, -0.2) is 47.2 Å². The Balaban J connectivity index is 1.34. The summed E-state index contributed by atoms with van der Waals surface area (Å²) in [5.74, 6) is 2.07. The average molecular weight is 435 g/mol. The molecule has 1 amide bonds. The summed E-state index contributed by atoms with van der Waals surface area (Å²) < 4.78 is 11.3. The molecule has 1 saturated carbocycles. The normalized spacial score (nSPS) is 22.8. The SMILES string of the molecule is COc1ncc(CN2C[C@@H](C)[C@H](NC(=O)c3cc(C4CC4)on3)C2)cc1Br. The lowest BCUT2D eigenvalue weighted by Crippen LogP contribution is -2.40. The van der Waals surface area contributed by atoms with Gasteiger partial charge >= 0.3 is 0 Å². The van der Waals surface area contributed by atoms with Crippen LogP contribution in [0.5, 0.6) is 5.88 Å². The van der Waals surface area contributed by atoms with Crippen LogP contribution in [0.3, 0.4) is 0 Å². The van der Waals surface area contributed by atoms with Crippen molar-refractivity contribution < 1.29 is 14.1 Å².